The van der Waals surface area contributed by atoms with Crippen LogP contribution in [-0.4, -0.2) is 45.9 Å². The number of aromatic nitrogens is 3. The van der Waals surface area contributed by atoms with Crippen LogP contribution in [0.3, 0.4) is 0 Å². The van der Waals surface area contributed by atoms with Gasteiger partial charge in [-0.05, 0) is 18.6 Å². The fourth-order valence-corrected chi connectivity index (χ4v) is 2.40. The van der Waals surface area contributed by atoms with Crippen LogP contribution in [-0.2, 0) is 9.53 Å². The number of carbonyl (C=O) groups excluding carboxylic acids is 2. The Morgan fingerprint density at radius 3 is 2.78 bits per heavy atom. The van der Waals surface area contributed by atoms with Gasteiger partial charge in [-0.15, -0.1) is 10.2 Å². The quantitative estimate of drug-likeness (QED) is 0.725. The van der Waals surface area contributed by atoms with Crippen LogP contribution in [0.1, 0.15) is 38.1 Å². The summed E-state index contributed by atoms with van der Waals surface area (Å²) in [5.41, 5.74) is 0.650. The van der Waals surface area contributed by atoms with Crippen LogP contribution < -0.4 is 10.6 Å². The highest BCUT2D eigenvalue weighted by Gasteiger charge is 2.29. The Kier molecular flexibility index (Phi) is 6.97. The first-order chi connectivity index (χ1) is 12.8. The third-order valence-corrected chi connectivity index (χ3v) is 3.55. The maximum Gasteiger partial charge on any atom is 0.422 e. The van der Waals surface area contributed by atoms with E-state index < -0.39 is 18.9 Å². The molecule has 1 atom stereocenters. The third kappa shape index (κ3) is 6.42. The van der Waals surface area contributed by atoms with E-state index in [9.17, 15) is 22.8 Å². The smallest absolute Gasteiger partial charge is 0.422 e. The number of carbonyl (C=O) groups is 2. The van der Waals surface area contributed by atoms with Crippen molar-refractivity contribution in [3.63, 3.8) is 0 Å². The van der Waals surface area contributed by atoms with E-state index in [4.69, 9.17) is 0 Å². The summed E-state index contributed by atoms with van der Waals surface area (Å²) in [6, 6.07) is 5.06. The summed E-state index contributed by atoms with van der Waals surface area (Å²) in [6.45, 7) is 0.131. The Balaban J connectivity index is 1.86. The summed E-state index contributed by atoms with van der Waals surface area (Å²) in [6.07, 6.45) is -2.73. The molecule has 0 spiro atoms. The average molecular weight is 387 g/mol. The highest BCUT2D eigenvalue weighted by Crippen LogP contribution is 2.18. The molecule has 0 aliphatic rings. The molecular formula is C16H20F3N5O3. The number of pyridine rings is 1. The number of fused-ring (bicyclic) bond motifs is 1. The number of amides is 2. The molecule has 0 aliphatic carbocycles. The molecular weight excluding hydrogens is 367 g/mol. The second-order valence-electron chi connectivity index (χ2n) is 5.76. The molecule has 2 rings (SSSR count). The van der Waals surface area contributed by atoms with Crippen molar-refractivity contribution in [2.75, 3.05) is 13.2 Å². The van der Waals surface area contributed by atoms with Crippen LogP contribution in [0.2, 0.25) is 0 Å². The van der Waals surface area contributed by atoms with E-state index in [0.29, 0.717) is 17.9 Å². The first kappa shape index (κ1) is 20.5. The molecule has 2 N–H and O–H groups in total. The van der Waals surface area contributed by atoms with Crippen LogP contribution in [0.25, 0.3) is 5.65 Å². The lowest BCUT2D eigenvalue weighted by Gasteiger charge is -2.17. The van der Waals surface area contributed by atoms with Gasteiger partial charge in [-0.2, -0.15) is 13.2 Å². The molecule has 0 bridgehead atoms. The summed E-state index contributed by atoms with van der Waals surface area (Å²) in [5.74, 6) is 0.204. The van der Waals surface area contributed by atoms with Crippen molar-refractivity contribution in [2.45, 2.75) is 38.4 Å². The highest BCUT2D eigenvalue weighted by molar-refractivity contribution is 5.77. The summed E-state index contributed by atoms with van der Waals surface area (Å²) in [4.78, 5) is 23.3. The predicted octanol–water partition coefficient (Wildman–Crippen LogP) is 2.37. The molecule has 0 aromatic carbocycles. The second-order valence-corrected chi connectivity index (χ2v) is 5.76. The Morgan fingerprint density at radius 2 is 2.07 bits per heavy atom. The Morgan fingerprint density at radius 1 is 1.30 bits per heavy atom. The van der Waals surface area contributed by atoms with Crippen molar-refractivity contribution in [2.24, 2.45) is 0 Å². The van der Waals surface area contributed by atoms with E-state index in [1.54, 1.807) is 16.7 Å². The zero-order valence-corrected chi connectivity index (χ0v) is 14.6. The molecule has 8 nitrogen and oxygen atoms in total. The van der Waals surface area contributed by atoms with Gasteiger partial charge in [0.15, 0.2) is 18.1 Å². The molecule has 11 heteroatoms. The van der Waals surface area contributed by atoms with Gasteiger partial charge < -0.3 is 15.4 Å². The number of nitrogens with one attached hydrogen (secondary N) is 2. The van der Waals surface area contributed by atoms with Crippen LogP contribution in [0.15, 0.2) is 24.4 Å². The number of alkyl carbamates (subject to hydrolysis) is 1. The lowest BCUT2D eigenvalue weighted by molar-refractivity contribution is -0.160. The number of alkyl halides is 3. The first-order valence-corrected chi connectivity index (χ1v) is 8.36. The summed E-state index contributed by atoms with van der Waals surface area (Å²) >= 11 is 0. The van der Waals surface area contributed by atoms with E-state index in [0.717, 1.165) is 6.42 Å². The zero-order valence-electron chi connectivity index (χ0n) is 14.6. The predicted molar refractivity (Wildman–Crippen MR) is 88.8 cm³/mol. The minimum Gasteiger partial charge on any atom is -0.440 e. The highest BCUT2D eigenvalue weighted by atomic mass is 19.4. The normalized spacial score (nSPS) is 12.6. The van der Waals surface area contributed by atoms with Gasteiger partial charge in [0.2, 0.25) is 5.91 Å². The molecule has 27 heavy (non-hydrogen) atoms. The molecule has 0 radical (unpaired) electrons. The summed E-state index contributed by atoms with van der Waals surface area (Å²) < 4.78 is 41.6. The maximum absolute atomic E-state index is 12.1. The standard InChI is InChI=1S/C16H20F3N5O3/c1-2-5-11(14-23-22-12-6-3-4-9-24(12)14)21-13(25)7-8-20-15(26)27-10-16(17,18)19/h3-4,6,9,11H,2,5,7-8,10H2,1H3,(H,20,26)(H,21,25). The maximum atomic E-state index is 12.1. The second kappa shape index (κ2) is 9.19. The van der Waals surface area contributed by atoms with Gasteiger partial charge in [0, 0.05) is 19.2 Å². The lowest BCUT2D eigenvalue weighted by atomic mass is 10.1. The van der Waals surface area contributed by atoms with Gasteiger partial charge in [0.05, 0.1) is 6.04 Å². The lowest BCUT2D eigenvalue weighted by Crippen LogP contribution is -2.34. The minimum absolute atomic E-state index is 0.113. The molecule has 1 unspecified atom stereocenters. The summed E-state index contributed by atoms with van der Waals surface area (Å²) in [7, 11) is 0. The first-order valence-electron chi connectivity index (χ1n) is 8.36. The van der Waals surface area contributed by atoms with Gasteiger partial charge in [-0.1, -0.05) is 19.4 Å². The van der Waals surface area contributed by atoms with Crippen LogP contribution in [0.4, 0.5) is 18.0 Å². The molecule has 2 aromatic heterocycles. The number of hydrogen-bond acceptors (Lipinski definition) is 5. The van der Waals surface area contributed by atoms with Crippen LogP contribution in [0, 0.1) is 0 Å². The number of nitrogens with zero attached hydrogens (tertiary/aromatic N) is 3. The molecule has 0 aliphatic heterocycles. The van der Waals surface area contributed by atoms with Crippen molar-refractivity contribution in [3.05, 3.63) is 30.2 Å². The number of ether oxygens (including phenoxy) is 1. The van der Waals surface area contributed by atoms with E-state index in [1.165, 1.54) is 0 Å². The van der Waals surface area contributed by atoms with Gasteiger partial charge in [0.25, 0.3) is 0 Å². The van der Waals surface area contributed by atoms with Crippen molar-refractivity contribution >= 4 is 17.6 Å². The van der Waals surface area contributed by atoms with Crippen molar-refractivity contribution in [3.8, 4) is 0 Å². The number of hydrogen-bond donors (Lipinski definition) is 2. The van der Waals surface area contributed by atoms with Crippen LogP contribution >= 0.6 is 0 Å². The Hall–Kier alpha value is -2.85. The fraction of sp³-hybridized carbons (Fsp3) is 0.500. The largest absolute Gasteiger partial charge is 0.440 e. The summed E-state index contributed by atoms with van der Waals surface area (Å²) in [5, 5.41) is 13.1. The van der Waals surface area contributed by atoms with Crippen molar-refractivity contribution in [1.82, 2.24) is 25.2 Å². The van der Waals surface area contributed by atoms with E-state index in [2.05, 4.69) is 25.6 Å². The van der Waals surface area contributed by atoms with Gasteiger partial charge in [-0.25, -0.2) is 4.79 Å². The minimum atomic E-state index is -4.59. The molecule has 2 heterocycles. The molecule has 2 amide bonds. The van der Waals surface area contributed by atoms with E-state index in [-0.39, 0.29) is 24.9 Å². The fourth-order valence-electron chi connectivity index (χ4n) is 2.40. The molecule has 0 saturated heterocycles. The van der Waals surface area contributed by atoms with Crippen LogP contribution in [0.5, 0.6) is 0 Å². The average Bonchev–Trinajstić information content (AvgIpc) is 3.03. The van der Waals surface area contributed by atoms with Crippen molar-refractivity contribution in [1.29, 1.82) is 0 Å². The Bertz CT molecular complexity index is 778. The van der Waals surface area contributed by atoms with E-state index >= 15 is 0 Å². The van der Waals surface area contributed by atoms with Gasteiger partial charge in [0.1, 0.15) is 0 Å². The Labute approximate surface area is 153 Å². The van der Waals surface area contributed by atoms with Gasteiger partial charge >= 0.3 is 12.3 Å². The number of rotatable bonds is 8. The van der Waals surface area contributed by atoms with Gasteiger partial charge in [-0.3, -0.25) is 9.20 Å². The molecule has 2 aromatic rings. The topological polar surface area (TPSA) is 97.6 Å². The molecule has 148 valence electrons. The number of halogens is 3. The molecule has 0 fully saturated rings. The monoisotopic (exact) mass is 387 g/mol. The van der Waals surface area contributed by atoms with E-state index in [1.807, 2.05) is 19.1 Å². The molecule has 0 saturated carbocycles. The van der Waals surface area contributed by atoms with Crippen molar-refractivity contribution < 1.29 is 27.5 Å². The third-order valence-electron chi connectivity index (χ3n) is 3.55. The zero-order chi connectivity index (χ0) is 19.9. The SMILES string of the molecule is CCCC(NC(=O)CCNC(=O)OCC(F)(F)F)c1nnc2ccccn12.